The molecule has 4 aliphatic rings. The number of nitrogens with one attached hydrogen (secondary N) is 1. The molecule has 4 aliphatic carbocycles. The van der Waals surface area contributed by atoms with Gasteiger partial charge in [-0.25, -0.2) is 4.79 Å². The molecule has 7 heteroatoms. The van der Waals surface area contributed by atoms with Crippen molar-refractivity contribution in [1.29, 1.82) is 0 Å². The van der Waals surface area contributed by atoms with E-state index in [2.05, 4.69) is 26.1 Å². The molecule has 11 unspecified atom stereocenters. The lowest BCUT2D eigenvalue weighted by molar-refractivity contribution is -0.174. The van der Waals surface area contributed by atoms with Gasteiger partial charge in [0.25, 0.3) is 0 Å². The predicted molar refractivity (Wildman–Crippen MR) is 148 cm³/mol. The van der Waals surface area contributed by atoms with Crippen LogP contribution in [0.5, 0.6) is 0 Å². The Labute approximate surface area is 228 Å². The third kappa shape index (κ3) is 5.61. The Morgan fingerprint density at radius 3 is 2.43 bits per heavy atom. The number of amides is 1. The molecule has 37 heavy (non-hydrogen) atoms. The summed E-state index contributed by atoms with van der Waals surface area (Å²) in [5.41, 5.74) is 0.459. The number of hydrogen-bond acceptors (Lipinski definition) is 6. The van der Waals surface area contributed by atoms with Crippen LogP contribution in [0.4, 0.5) is 0 Å². The van der Waals surface area contributed by atoms with Crippen LogP contribution in [0.15, 0.2) is 0 Å². The van der Waals surface area contributed by atoms with Crippen molar-refractivity contribution in [1.82, 2.24) is 5.32 Å². The monoisotopic (exact) mass is 537 g/mol. The van der Waals surface area contributed by atoms with E-state index in [1.165, 1.54) is 32.8 Å². The van der Waals surface area contributed by atoms with Crippen LogP contribution in [0.3, 0.4) is 0 Å². The Kier molecular flexibility index (Phi) is 9.28. The fraction of sp³-hybridized carbons (Fsp3) is 0.933. The maximum atomic E-state index is 12.8. The van der Waals surface area contributed by atoms with Gasteiger partial charge in [0.05, 0.1) is 19.3 Å². The molecule has 6 nitrogen and oxygen atoms in total. The maximum absolute atomic E-state index is 12.8. The summed E-state index contributed by atoms with van der Waals surface area (Å²) in [6.45, 7) is 7.24. The minimum Gasteiger partial charge on any atom is -0.467 e. The van der Waals surface area contributed by atoms with E-state index in [4.69, 9.17) is 4.74 Å². The molecule has 11 atom stereocenters. The van der Waals surface area contributed by atoms with Gasteiger partial charge in [-0.05, 0) is 123 Å². The van der Waals surface area contributed by atoms with E-state index in [0.717, 1.165) is 37.9 Å². The van der Waals surface area contributed by atoms with Crippen molar-refractivity contribution in [2.45, 2.75) is 110 Å². The van der Waals surface area contributed by atoms with Gasteiger partial charge in [-0.1, -0.05) is 20.8 Å². The van der Waals surface area contributed by atoms with E-state index < -0.39 is 6.04 Å². The van der Waals surface area contributed by atoms with Crippen LogP contribution in [0.25, 0.3) is 0 Å². The fourth-order valence-corrected chi connectivity index (χ4v) is 10.1. The number of hydrogen-bond donors (Lipinski definition) is 3. The normalized spacial score (nSPS) is 42.6. The molecule has 212 valence electrons. The molecule has 4 fully saturated rings. The van der Waals surface area contributed by atoms with Crippen LogP contribution in [-0.4, -0.2) is 59.5 Å². The van der Waals surface area contributed by atoms with Gasteiger partial charge in [-0.15, -0.1) is 0 Å². The van der Waals surface area contributed by atoms with Gasteiger partial charge in [0.15, 0.2) is 0 Å². The van der Waals surface area contributed by atoms with Crippen LogP contribution in [0.2, 0.25) is 0 Å². The first-order chi connectivity index (χ1) is 17.5. The van der Waals surface area contributed by atoms with Crippen molar-refractivity contribution in [2.24, 2.45) is 46.3 Å². The standard InChI is InChI=1S/C30H51NO5S/c1-18(6-9-26(34)31-24(12-15-37-5)28(35)36-4)21-7-8-22-27-23(11-14-30(21,22)3)29(2)13-10-20(32)16-19(29)17-25(27)33/h18-25,27,32-33H,6-17H2,1-5H3,(H,31,34). The molecule has 0 bridgehead atoms. The largest absolute Gasteiger partial charge is 0.467 e. The summed E-state index contributed by atoms with van der Waals surface area (Å²) >= 11 is 1.66. The Morgan fingerprint density at radius 2 is 1.73 bits per heavy atom. The van der Waals surface area contributed by atoms with E-state index in [1.54, 1.807) is 11.8 Å². The molecule has 4 rings (SSSR count). The number of ether oxygens (including phenoxy) is 1. The zero-order valence-electron chi connectivity index (χ0n) is 23.7. The van der Waals surface area contributed by atoms with Crippen molar-refractivity contribution >= 4 is 23.6 Å². The van der Waals surface area contributed by atoms with Gasteiger partial charge in [-0.3, -0.25) is 4.79 Å². The first-order valence-corrected chi connectivity index (χ1v) is 16.2. The second-order valence-corrected chi connectivity index (χ2v) is 14.4. The predicted octanol–water partition coefficient (Wildman–Crippen LogP) is 4.80. The minimum atomic E-state index is -0.567. The van der Waals surface area contributed by atoms with Gasteiger partial charge in [0.2, 0.25) is 5.91 Å². The smallest absolute Gasteiger partial charge is 0.328 e. The molecule has 0 aliphatic heterocycles. The summed E-state index contributed by atoms with van der Waals surface area (Å²) in [4.78, 5) is 24.9. The molecular formula is C30H51NO5S. The summed E-state index contributed by atoms with van der Waals surface area (Å²) in [5.74, 6) is 3.27. The lowest BCUT2D eigenvalue weighted by Gasteiger charge is -2.62. The highest BCUT2D eigenvalue weighted by atomic mass is 32.2. The number of carbonyl (C=O) groups is 2. The molecule has 1 amide bonds. The SMILES string of the molecule is COC(=O)C(CCSC)NC(=O)CCC(C)C1CCC2C3C(O)CC4CC(O)CCC4(C)C3CCC12C. The number of thioether (sulfide) groups is 1. The second-order valence-electron chi connectivity index (χ2n) is 13.4. The first kappa shape index (κ1) is 29.2. The highest BCUT2D eigenvalue weighted by molar-refractivity contribution is 7.98. The van der Waals surface area contributed by atoms with Crippen molar-refractivity contribution in [3.63, 3.8) is 0 Å². The molecule has 0 aromatic heterocycles. The zero-order valence-corrected chi connectivity index (χ0v) is 24.5. The lowest BCUT2D eigenvalue weighted by Crippen LogP contribution is -2.58. The highest BCUT2D eigenvalue weighted by Crippen LogP contribution is 2.68. The third-order valence-corrected chi connectivity index (χ3v) is 12.3. The van der Waals surface area contributed by atoms with Gasteiger partial charge in [0, 0.05) is 6.42 Å². The summed E-state index contributed by atoms with van der Waals surface area (Å²) < 4.78 is 4.89. The Balaban J connectivity index is 1.38. The maximum Gasteiger partial charge on any atom is 0.328 e. The molecule has 0 aromatic rings. The molecular weight excluding hydrogens is 486 g/mol. The van der Waals surface area contributed by atoms with E-state index >= 15 is 0 Å². The summed E-state index contributed by atoms with van der Waals surface area (Å²) in [6.07, 6.45) is 11.8. The second kappa shape index (κ2) is 11.8. The molecule has 3 N–H and O–H groups in total. The number of aliphatic hydroxyl groups excluding tert-OH is 2. The van der Waals surface area contributed by atoms with Gasteiger partial charge >= 0.3 is 5.97 Å². The van der Waals surface area contributed by atoms with E-state index in [1.807, 2.05) is 6.26 Å². The number of rotatable bonds is 9. The zero-order chi connectivity index (χ0) is 27.0. The lowest BCUT2D eigenvalue weighted by atomic mass is 9.43. The third-order valence-electron chi connectivity index (χ3n) is 11.7. The van der Waals surface area contributed by atoms with Gasteiger partial charge < -0.3 is 20.3 Å². The number of carbonyl (C=O) groups excluding carboxylic acids is 2. The molecule has 0 spiro atoms. The molecule has 4 saturated carbocycles. The quantitative estimate of drug-likeness (QED) is 0.366. The van der Waals surface area contributed by atoms with Gasteiger partial charge in [0.1, 0.15) is 6.04 Å². The fourth-order valence-electron chi connectivity index (χ4n) is 9.63. The van der Waals surface area contributed by atoms with Crippen LogP contribution in [0.1, 0.15) is 91.4 Å². The van der Waals surface area contributed by atoms with E-state index in [9.17, 15) is 19.8 Å². The molecule has 0 heterocycles. The first-order valence-electron chi connectivity index (χ1n) is 14.8. The Hall–Kier alpha value is -0.790. The van der Waals surface area contributed by atoms with Crippen molar-refractivity contribution < 1.29 is 24.5 Å². The van der Waals surface area contributed by atoms with Crippen LogP contribution in [-0.2, 0) is 14.3 Å². The average molecular weight is 538 g/mol. The summed E-state index contributed by atoms with van der Waals surface area (Å²) in [6, 6.07) is -0.567. The minimum absolute atomic E-state index is 0.0621. The van der Waals surface area contributed by atoms with Crippen LogP contribution in [0, 0.1) is 46.3 Å². The van der Waals surface area contributed by atoms with Crippen LogP contribution >= 0.6 is 11.8 Å². The van der Waals surface area contributed by atoms with E-state index in [0.29, 0.717) is 48.3 Å². The number of esters is 1. The van der Waals surface area contributed by atoms with Crippen LogP contribution < -0.4 is 5.32 Å². The topological polar surface area (TPSA) is 95.9 Å². The van der Waals surface area contributed by atoms with Gasteiger partial charge in [-0.2, -0.15) is 11.8 Å². The van der Waals surface area contributed by atoms with E-state index in [-0.39, 0.29) is 34.9 Å². The number of methoxy groups -OCH3 is 1. The van der Waals surface area contributed by atoms with Crippen molar-refractivity contribution in [3.8, 4) is 0 Å². The number of fused-ring (bicyclic) bond motifs is 5. The summed E-state index contributed by atoms with van der Waals surface area (Å²) in [5, 5.41) is 24.7. The van der Waals surface area contributed by atoms with Crippen molar-refractivity contribution in [2.75, 3.05) is 19.1 Å². The van der Waals surface area contributed by atoms with Crippen molar-refractivity contribution in [3.05, 3.63) is 0 Å². The molecule has 0 aromatic carbocycles. The number of aliphatic hydroxyl groups is 2. The Morgan fingerprint density at radius 1 is 1.03 bits per heavy atom. The molecule has 0 saturated heterocycles. The Bertz CT molecular complexity index is 824. The average Bonchev–Trinajstić information content (AvgIpc) is 3.22. The molecule has 0 radical (unpaired) electrons. The summed E-state index contributed by atoms with van der Waals surface area (Å²) in [7, 11) is 1.37. The highest BCUT2D eigenvalue weighted by Gasteiger charge is 2.62.